The van der Waals surface area contributed by atoms with Crippen molar-refractivity contribution in [3.05, 3.63) is 35.5 Å². The molecule has 0 bridgehead atoms. The van der Waals surface area contributed by atoms with Crippen molar-refractivity contribution in [3.63, 3.8) is 0 Å². The van der Waals surface area contributed by atoms with Gasteiger partial charge in [0, 0.05) is 42.7 Å². The van der Waals surface area contributed by atoms with E-state index in [1.165, 1.54) is 28.5 Å². The summed E-state index contributed by atoms with van der Waals surface area (Å²) in [5.41, 5.74) is 9.85. The SMILES string of the molecule is Cc1cccc2c(CCC(=O)N3CC4CCC(N)C4C3)c[nH]c12. The van der Waals surface area contributed by atoms with Gasteiger partial charge in [-0.05, 0) is 49.1 Å². The zero-order valence-electron chi connectivity index (χ0n) is 13.7. The van der Waals surface area contributed by atoms with Crippen LogP contribution in [0.2, 0.25) is 0 Å². The van der Waals surface area contributed by atoms with Crippen LogP contribution in [-0.2, 0) is 11.2 Å². The van der Waals surface area contributed by atoms with Gasteiger partial charge in [-0.25, -0.2) is 0 Å². The van der Waals surface area contributed by atoms with Gasteiger partial charge >= 0.3 is 0 Å². The molecule has 0 spiro atoms. The summed E-state index contributed by atoms with van der Waals surface area (Å²) in [4.78, 5) is 18.0. The van der Waals surface area contributed by atoms with Crippen LogP contribution in [0.25, 0.3) is 10.9 Å². The molecule has 122 valence electrons. The molecule has 3 unspecified atom stereocenters. The summed E-state index contributed by atoms with van der Waals surface area (Å²) in [5.74, 6) is 1.47. The number of nitrogens with zero attached hydrogens (tertiary/aromatic N) is 1. The summed E-state index contributed by atoms with van der Waals surface area (Å²) in [5, 5.41) is 1.25. The summed E-state index contributed by atoms with van der Waals surface area (Å²) in [7, 11) is 0. The normalized spacial score (nSPS) is 26.9. The number of aryl methyl sites for hydroxylation is 2. The first kappa shape index (κ1) is 14.8. The Morgan fingerprint density at radius 3 is 3.04 bits per heavy atom. The van der Waals surface area contributed by atoms with Gasteiger partial charge in [0.05, 0.1) is 0 Å². The number of aromatic amines is 1. The molecule has 2 fully saturated rings. The van der Waals surface area contributed by atoms with Crippen LogP contribution in [0.5, 0.6) is 0 Å². The third kappa shape index (κ3) is 2.55. The minimum atomic E-state index is 0.286. The molecule has 1 aromatic heterocycles. The van der Waals surface area contributed by atoms with E-state index in [9.17, 15) is 4.79 Å². The number of aromatic nitrogens is 1. The summed E-state index contributed by atoms with van der Waals surface area (Å²) in [6, 6.07) is 6.63. The monoisotopic (exact) mass is 311 g/mol. The van der Waals surface area contributed by atoms with Crippen molar-refractivity contribution < 1.29 is 4.79 Å². The Kier molecular flexibility index (Phi) is 3.64. The van der Waals surface area contributed by atoms with Crippen molar-refractivity contribution in [1.29, 1.82) is 0 Å². The van der Waals surface area contributed by atoms with Crippen LogP contribution in [-0.4, -0.2) is 34.9 Å². The average Bonchev–Trinajstić information content (AvgIpc) is 3.22. The number of nitrogens with one attached hydrogen (secondary N) is 1. The highest BCUT2D eigenvalue weighted by atomic mass is 16.2. The highest BCUT2D eigenvalue weighted by Crippen LogP contribution is 2.37. The van der Waals surface area contributed by atoms with Gasteiger partial charge in [-0.2, -0.15) is 0 Å². The fourth-order valence-electron chi connectivity index (χ4n) is 4.48. The fourth-order valence-corrected chi connectivity index (χ4v) is 4.48. The van der Waals surface area contributed by atoms with Crippen molar-refractivity contribution in [2.75, 3.05) is 13.1 Å². The first-order chi connectivity index (χ1) is 11.1. The summed E-state index contributed by atoms with van der Waals surface area (Å²) < 4.78 is 0. The highest BCUT2D eigenvalue weighted by Gasteiger charge is 2.42. The molecular formula is C19H25N3O. The number of hydrogen-bond donors (Lipinski definition) is 2. The molecule has 3 atom stereocenters. The lowest BCUT2D eigenvalue weighted by atomic mass is 9.98. The van der Waals surface area contributed by atoms with Crippen LogP contribution >= 0.6 is 0 Å². The minimum Gasteiger partial charge on any atom is -0.361 e. The van der Waals surface area contributed by atoms with Crippen molar-refractivity contribution in [2.24, 2.45) is 17.6 Å². The Labute approximate surface area is 137 Å². The number of fused-ring (bicyclic) bond motifs is 2. The number of para-hydroxylation sites is 1. The fraction of sp³-hybridized carbons (Fsp3) is 0.526. The van der Waals surface area contributed by atoms with E-state index >= 15 is 0 Å². The molecular weight excluding hydrogens is 286 g/mol. The second-order valence-electron chi connectivity index (χ2n) is 7.28. The molecule has 0 radical (unpaired) electrons. The zero-order chi connectivity index (χ0) is 16.0. The Bertz CT molecular complexity index is 735. The molecule has 1 saturated heterocycles. The van der Waals surface area contributed by atoms with Crippen LogP contribution in [0.4, 0.5) is 0 Å². The molecule has 4 nitrogen and oxygen atoms in total. The molecule has 1 aromatic carbocycles. The number of amides is 1. The first-order valence-electron chi connectivity index (χ1n) is 8.72. The van der Waals surface area contributed by atoms with E-state index in [2.05, 4.69) is 41.2 Å². The Morgan fingerprint density at radius 1 is 1.35 bits per heavy atom. The third-order valence-corrected chi connectivity index (χ3v) is 5.88. The summed E-state index contributed by atoms with van der Waals surface area (Å²) >= 11 is 0. The van der Waals surface area contributed by atoms with Crippen LogP contribution in [0.15, 0.2) is 24.4 Å². The molecule has 1 saturated carbocycles. The number of rotatable bonds is 3. The number of carbonyl (C=O) groups excluding carboxylic acids is 1. The maximum atomic E-state index is 12.6. The van der Waals surface area contributed by atoms with Gasteiger partial charge in [0.2, 0.25) is 5.91 Å². The highest BCUT2D eigenvalue weighted by molar-refractivity contribution is 5.86. The smallest absolute Gasteiger partial charge is 0.222 e. The van der Waals surface area contributed by atoms with Crippen LogP contribution in [0, 0.1) is 18.8 Å². The molecule has 4 rings (SSSR count). The Balaban J connectivity index is 1.41. The molecule has 3 N–H and O–H groups in total. The van der Waals surface area contributed by atoms with E-state index in [0.29, 0.717) is 24.3 Å². The topological polar surface area (TPSA) is 62.1 Å². The van der Waals surface area contributed by atoms with E-state index < -0.39 is 0 Å². The van der Waals surface area contributed by atoms with Crippen molar-refractivity contribution in [1.82, 2.24) is 9.88 Å². The van der Waals surface area contributed by atoms with E-state index in [1.807, 2.05) is 0 Å². The van der Waals surface area contributed by atoms with Gasteiger partial charge in [0.25, 0.3) is 0 Å². The van der Waals surface area contributed by atoms with Crippen LogP contribution in [0.3, 0.4) is 0 Å². The minimum absolute atomic E-state index is 0.286. The number of hydrogen-bond acceptors (Lipinski definition) is 2. The number of H-pyrrole nitrogens is 1. The lowest BCUT2D eigenvalue weighted by molar-refractivity contribution is -0.130. The molecule has 2 aromatic rings. The van der Waals surface area contributed by atoms with Gasteiger partial charge in [0.15, 0.2) is 0 Å². The Hall–Kier alpha value is -1.81. The molecule has 2 heterocycles. The largest absolute Gasteiger partial charge is 0.361 e. The first-order valence-corrected chi connectivity index (χ1v) is 8.72. The molecule has 23 heavy (non-hydrogen) atoms. The molecule has 4 heteroatoms. The van der Waals surface area contributed by atoms with E-state index in [4.69, 9.17) is 5.73 Å². The van der Waals surface area contributed by atoms with Crippen molar-refractivity contribution in [3.8, 4) is 0 Å². The van der Waals surface area contributed by atoms with Crippen LogP contribution < -0.4 is 5.73 Å². The second-order valence-corrected chi connectivity index (χ2v) is 7.28. The molecule has 1 amide bonds. The van der Waals surface area contributed by atoms with Crippen molar-refractivity contribution >= 4 is 16.8 Å². The molecule has 1 aliphatic heterocycles. The standard InChI is InChI=1S/C19H25N3O/c1-12-3-2-4-15-13(9-21-19(12)15)6-8-18(23)22-10-14-5-7-17(20)16(14)11-22/h2-4,9,14,16-17,21H,5-8,10-11,20H2,1H3. The average molecular weight is 311 g/mol. The number of nitrogens with two attached hydrogens (primary N) is 1. The maximum Gasteiger partial charge on any atom is 0.222 e. The van der Waals surface area contributed by atoms with Gasteiger partial charge in [-0.1, -0.05) is 18.2 Å². The van der Waals surface area contributed by atoms with Crippen LogP contribution in [0.1, 0.15) is 30.4 Å². The number of likely N-dealkylation sites (tertiary alicyclic amines) is 1. The lowest BCUT2D eigenvalue weighted by Crippen LogP contribution is -2.33. The maximum absolute atomic E-state index is 12.6. The lowest BCUT2D eigenvalue weighted by Gasteiger charge is -2.18. The third-order valence-electron chi connectivity index (χ3n) is 5.88. The predicted octanol–water partition coefficient (Wildman–Crippen LogP) is 2.60. The van der Waals surface area contributed by atoms with Gasteiger partial charge in [-0.15, -0.1) is 0 Å². The quantitative estimate of drug-likeness (QED) is 0.915. The number of benzene rings is 1. The Morgan fingerprint density at radius 2 is 2.22 bits per heavy atom. The van der Waals surface area contributed by atoms with E-state index in [-0.39, 0.29) is 5.91 Å². The second kappa shape index (κ2) is 5.68. The van der Waals surface area contributed by atoms with Crippen molar-refractivity contribution in [2.45, 2.75) is 38.6 Å². The molecule has 1 aliphatic carbocycles. The summed E-state index contributed by atoms with van der Waals surface area (Å²) in [6.07, 6.45) is 5.78. The molecule has 2 aliphatic rings. The van der Waals surface area contributed by atoms with Gasteiger partial charge in [0.1, 0.15) is 0 Å². The van der Waals surface area contributed by atoms with Gasteiger partial charge in [-0.3, -0.25) is 4.79 Å². The van der Waals surface area contributed by atoms with Gasteiger partial charge < -0.3 is 15.6 Å². The van der Waals surface area contributed by atoms with E-state index in [1.54, 1.807) is 0 Å². The predicted molar refractivity (Wildman–Crippen MR) is 92.1 cm³/mol. The summed E-state index contributed by atoms with van der Waals surface area (Å²) in [6.45, 7) is 3.90. The van der Waals surface area contributed by atoms with E-state index in [0.717, 1.165) is 25.9 Å². The zero-order valence-corrected chi connectivity index (χ0v) is 13.7. The number of carbonyl (C=O) groups is 1.